The zero-order valence-corrected chi connectivity index (χ0v) is 11.0. The zero-order chi connectivity index (χ0) is 12.7. The summed E-state index contributed by atoms with van der Waals surface area (Å²) in [5, 5.41) is 0. The maximum absolute atomic E-state index is 5.71. The van der Waals surface area contributed by atoms with Crippen LogP contribution >= 0.6 is 0 Å². The third kappa shape index (κ3) is 5.20. The van der Waals surface area contributed by atoms with Gasteiger partial charge in [-0.1, -0.05) is 19.1 Å². The van der Waals surface area contributed by atoms with Crippen LogP contribution in [0, 0.1) is 0 Å². The van der Waals surface area contributed by atoms with Crippen LogP contribution in [0.2, 0.25) is 0 Å². The Morgan fingerprint density at radius 3 is 2.65 bits per heavy atom. The molecule has 0 fully saturated rings. The Hall–Kier alpha value is -1.06. The molecule has 3 heteroatoms. The van der Waals surface area contributed by atoms with E-state index in [9.17, 15) is 0 Å². The minimum Gasteiger partial charge on any atom is -0.491 e. The molecule has 3 nitrogen and oxygen atoms in total. The summed E-state index contributed by atoms with van der Waals surface area (Å²) < 4.78 is 11.3. The summed E-state index contributed by atoms with van der Waals surface area (Å²) in [7, 11) is 0. The first-order valence-electron chi connectivity index (χ1n) is 6.13. The highest BCUT2D eigenvalue weighted by molar-refractivity contribution is 5.28. The van der Waals surface area contributed by atoms with Crippen molar-refractivity contribution in [2.45, 2.75) is 39.3 Å². The second-order valence-electron chi connectivity index (χ2n) is 4.66. The van der Waals surface area contributed by atoms with Crippen LogP contribution in [0.5, 0.6) is 5.75 Å². The third-order valence-corrected chi connectivity index (χ3v) is 2.83. The van der Waals surface area contributed by atoms with E-state index in [1.165, 1.54) is 0 Å². The van der Waals surface area contributed by atoms with E-state index in [0.717, 1.165) is 17.7 Å². The van der Waals surface area contributed by atoms with Crippen molar-refractivity contribution >= 4 is 0 Å². The van der Waals surface area contributed by atoms with Crippen LogP contribution in [-0.4, -0.2) is 18.8 Å². The topological polar surface area (TPSA) is 44.5 Å². The van der Waals surface area contributed by atoms with Gasteiger partial charge in [-0.25, -0.2) is 0 Å². The molecule has 0 saturated heterocycles. The lowest BCUT2D eigenvalue weighted by atomic mass is 10.1. The number of hydrogen-bond acceptors (Lipinski definition) is 3. The summed E-state index contributed by atoms with van der Waals surface area (Å²) in [4.78, 5) is 0. The minimum absolute atomic E-state index is 0.0670. The Labute approximate surface area is 104 Å². The van der Waals surface area contributed by atoms with E-state index in [4.69, 9.17) is 15.2 Å². The Kier molecular flexibility index (Phi) is 5.45. The minimum atomic E-state index is -0.0670. The molecule has 96 valence electrons. The Bertz CT molecular complexity index is 337. The molecule has 1 rings (SSSR count). The van der Waals surface area contributed by atoms with Crippen LogP contribution in [-0.2, 0) is 11.3 Å². The number of hydrogen-bond donors (Lipinski definition) is 1. The van der Waals surface area contributed by atoms with Crippen LogP contribution in [0.1, 0.15) is 32.8 Å². The Morgan fingerprint density at radius 2 is 2.00 bits per heavy atom. The van der Waals surface area contributed by atoms with Gasteiger partial charge in [0, 0.05) is 6.54 Å². The molecular weight excluding hydrogens is 214 g/mol. The lowest BCUT2D eigenvalue weighted by molar-refractivity contribution is -0.0317. The molecule has 0 spiro atoms. The fourth-order valence-corrected chi connectivity index (χ4v) is 1.34. The molecule has 0 aliphatic carbocycles. The van der Waals surface area contributed by atoms with Crippen molar-refractivity contribution in [2.75, 3.05) is 13.2 Å². The van der Waals surface area contributed by atoms with Gasteiger partial charge in [0.05, 0.1) is 12.2 Å². The molecular formula is C14H23NO2. The van der Waals surface area contributed by atoms with E-state index in [1.54, 1.807) is 0 Å². The van der Waals surface area contributed by atoms with Crippen molar-refractivity contribution in [3.63, 3.8) is 0 Å². The molecule has 0 aromatic heterocycles. The summed E-state index contributed by atoms with van der Waals surface area (Å²) >= 11 is 0. The molecule has 0 radical (unpaired) electrons. The van der Waals surface area contributed by atoms with Crippen molar-refractivity contribution in [3.8, 4) is 5.75 Å². The highest BCUT2D eigenvalue weighted by Gasteiger charge is 2.14. The normalized spacial score (nSPS) is 11.5. The van der Waals surface area contributed by atoms with Gasteiger partial charge in [-0.3, -0.25) is 0 Å². The van der Waals surface area contributed by atoms with Crippen molar-refractivity contribution in [3.05, 3.63) is 29.8 Å². The predicted molar refractivity (Wildman–Crippen MR) is 70.2 cm³/mol. The van der Waals surface area contributed by atoms with Gasteiger partial charge in [-0.15, -0.1) is 0 Å². The van der Waals surface area contributed by atoms with Crippen molar-refractivity contribution in [1.29, 1.82) is 0 Å². The number of ether oxygens (including phenoxy) is 2. The molecule has 0 bridgehead atoms. The van der Waals surface area contributed by atoms with E-state index in [2.05, 4.69) is 20.8 Å². The van der Waals surface area contributed by atoms with Gasteiger partial charge in [0.15, 0.2) is 0 Å². The monoisotopic (exact) mass is 237 g/mol. The van der Waals surface area contributed by atoms with Gasteiger partial charge in [0.1, 0.15) is 12.4 Å². The first-order valence-corrected chi connectivity index (χ1v) is 6.13. The van der Waals surface area contributed by atoms with Crippen molar-refractivity contribution in [2.24, 2.45) is 5.73 Å². The summed E-state index contributed by atoms with van der Waals surface area (Å²) in [5.74, 6) is 0.853. The van der Waals surface area contributed by atoms with Gasteiger partial charge in [0.2, 0.25) is 0 Å². The van der Waals surface area contributed by atoms with Gasteiger partial charge in [-0.2, -0.15) is 0 Å². The molecule has 17 heavy (non-hydrogen) atoms. The molecule has 0 saturated carbocycles. The molecule has 0 atom stereocenters. The number of benzene rings is 1. The SMILES string of the molecule is CCC(C)(C)OCCOc1cccc(CN)c1. The fraction of sp³-hybridized carbons (Fsp3) is 0.571. The lowest BCUT2D eigenvalue weighted by Gasteiger charge is -2.23. The van der Waals surface area contributed by atoms with Crippen LogP contribution in [0.15, 0.2) is 24.3 Å². The maximum atomic E-state index is 5.71. The molecule has 0 heterocycles. The molecule has 2 N–H and O–H groups in total. The maximum Gasteiger partial charge on any atom is 0.119 e. The van der Waals surface area contributed by atoms with Crippen LogP contribution in [0.25, 0.3) is 0 Å². The van der Waals surface area contributed by atoms with E-state index < -0.39 is 0 Å². The fourth-order valence-electron chi connectivity index (χ4n) is 1.34. The quantitative estimate of drug-likeness (QED) is 0.742. The standard InChI is InChI=1S/C14H23NO2/c1-4-14(2,3)17-9-8-16-13-7-5-6-12(10-13)11-15/h5-7,10H,4,8-9,11,15H2,1-3H3. The molecule has 0 amide bonds. The summed E-state index contributed by atoms with van der Waals surface area (Å²) in [5.41, 5.74) is 6.58. The van der Waals surface area contributed by atoms with E-state index in [1.807, 2.05) is 24.3 Å². The molecule has 0 aliphatic heterocycles. The Balaban J connectivity index is 2.31. The summed E-state index contributed by atoms with van der Waals surface area (Å²) in [6, 6.07) is 7.84. The Morgan fingerprint density at radius 1 is 1.24 bits per heavy atom. The molecule has 1 aromatic rings. The first kappa shape index (κ1) is 14.0. The van der Waals surface area contributed by atoms with Gasteiger partial charge >= 0.3 is 0 Å². The first-order chi connectivity index (χ1) is 8.07. The van der Waals surface area contributed by atoms with Gasteiger partial charge in [0.25, 0.3) is 0 Å². The highest BCUT2D eigenvalue weighted by Crippen LogP contribution is 2.15. The smallest absolute Gasteiger partial charge is 0.119 e. The average molecular weight is 237 g/mol. The van der Waals surface area contributed by atoms with Gasteiger partial charge in [-0.05, 0) is 38.0 Å². The third-order valence-electron chi connectivity index (χ3n) is 2.83. The van der Waals surface area contributed by atoms with E-state index in [0.29, 0.717) is 19.8 Å². The highest BCUT2D eigenvalue weighted by atomic mass is 16.5. The average Bonchev–Trinajstić information content (AvgIpc) is 2.35. The second-order valence-corrected chi connectivity index (χ2v) is 4.66. The van der Waals surface area contributed by atoms with Crippen LogP contribution in [0.3, 0.4) is 0 Å². The zero-order valence-electron chi connectivity index (χ0n) is 11.0. The molecule has 0 aliphatic rings. The van der Waals surface area contributed by atoms with E-state index in [-0.39, 0.29) is 5.60 Å². The summed E-state index contributed by atoms with van der Waals surface area (Å²) in [6.07, 6.45) is 0.996. The second kappa shape index (κ2) is 6.62. The lowest BCUT2D eigenvalue weighted by Crippen LogP contribution is -2.25. The van der Waals surface area contributed by atoms with Gasteiger partial charge < -0.3 is 15.2 Å². The molecule has 0 unspecified atom stereocenters. The van der Waals surface area contributed by atoms with Crippen molar-refractivity contribution in [1.82, 2.24) is 0 Å². The molecule has 1 aromatic carbocycles. The van der Waals surface area contributed by atoms with Crippen LogP contribution < -0.4 is 10.5 Å². The van der Waals surface area contributed by atoms with Crippen LogP contribution in [0.4, 0.5) is 0 Å². The number of rotatable bonds is 7. The number of nitrogens with two attached hydrogens (primary N) is 1. The summed E-state index contributed by atoms with van der Waals surface area (Å²) in [6.45, 7) is 8.00. The predicted octanol–water partition coefficient (Wildman–Crippen LogP) is 2.73. The largest absolute Gasteiger partial charge is 0.491 e. The van der Waals surface area contributed by atoms with Crippen molar-refractivity contribution < 1.29 is 9.47 Å². The van der Waals surface area contributed by atoms with E-state index >= 15 is 0 Å².